The molecule has 0 saturated carbocycles. The van der Waals surface area contributed by atoms with E-state index in [9.17, 15) is 4.79 Å². The minimum atomic E-state index is -0.153. The molecular formula is C18H21ClN2O3. The number of halogens is 1. The van der Waals surface area contributed by atoms with Crippen LogP contribution in [0.3, 0.4) is 0 Å². The van der Waals surface area contributed by atoms with E-state index in [-0.39, 0.29) is 12.5 Å². The van der Waals surface area contributed by atoms with Gasteiger partial charge in [-0.3, -0.25) is 4.79 Å². The number of amides is 1. The van der Waals surface area contributed by atoms with Gasteiger partial charge in [-0.25, -0.2) is 0 Å². The first kappa shape index (κ1) is 18.1. The summed E-state index contributed by atoms with van der Waals surface area (Å²) in [6.45, 7) is 3.81. The molecule has 0 aromatic heterocycles. The van der Waals surface area contributed by atoms with Crippen LogP contribution in [0.5, 0.6) is 5.75 Å². The van der Waals surface area contributed by atoms with Gasteiger partial charge in [0, 0.05) is 29.1 Å². The van der Waals surface area contributed by atoms with Crippen LogP contribution in [0.4, 0.5) is 11.4 Å². The third-order valence-corrected chi connectivity index (χ3v) is 3.33. The molecule has 0 radical (unpaired) electrons. The van der Waals surface area contributed by atoms with Crippen molar-refractivity contribution >= 4 is 28.9 Å². The summed E-state index contributed by atoms with van der Waals surface area (Å²) in [7, 11) is 0. The molecule has 0 saturated heterocycles. The second kappa shape index (κ2) is 9.80. The van der Waals surface area contributed by atoms with Crippen molar-refractivity contribution in [3.05, 3.63) is 53.6 Å². The van der Waals surface area contributed by atoms with Crippen LogP contribution < -0.4 is 15.4 Å². The fourth-order valence-corrected chi connectivity index (χ4v) is 2.20. The molecule has 0 spiro atoms. The maximum absolute atomic E-state index is 12.0. The van der Waals surface area contributed by atoms with Gasteiger partial charge < -0.3 is 20.1 Å². The molecule has 1 amide bonds. The van der Waals surface area contributed by atoms with E-state index in [0.717, 1.165) is 11.4 Å². The van der Waals surface area contributed by atoms with Crippen molar-refractivity contribution in [3.8, 4) is 5.75 Å². The topological polar surface area (TPSA) is 59.6 Å². The summed E-state index contributed by atoms with van der Waals surface area (Å²) in [6.07, 6.45) is 0. The van der Waals surface area contributed by atoms with Crippen LogP contribution >= 0.6 is 11.6 Å². The summed E-state index contributed by atoms with van der Waals surface area (Å²) in [4.78, 5) is 12.0. The van der Waals surface area contributed by atoms with Gasteiger partial charge in [-0.15, -0.1) is 0 Å². The van der Waals surface area contributed by atoms with Crippen molar-refractivity contribution in [2.24, 2.45) is 0 Å². The number of anilines is 2. The number of hydrogen-bond donors (Lipinski definition) is 2. The van der Waals surface area contributed by atoms with Gasteiger partial charge in [0.05, 0.1) is 13.2 Å². The van der Waals surface area contributed by atoms with E-state index in [4.69, 9.17) is 21.1 Å². The van der Waals surface area contributed by atoms with Crippen LogP contribution in [-0.4, -0.2) is 32.3 Å². The highest BCUT2D eigenvalue weighted by atomic mass is 35.5. The largest absolute Gasteiger partial charge is 0.491 e. The average molecular weight is 349 g/mol. The Balaban J connectivity index is 1.79. The average Bonchev–Trinajstić information content (AvgIpc) is 2.57. The molecule has 5 nitrogen and oxygen atoms in total. The number of benzene rings is 2. The van der Waals surface area contributed by atoms with E-state index in [1.165, 1.54) is 0 Å². The molecule has 6 heteroatoms. The molecule has 24 heavy (non-hydrogen) atoms. The van der Waals surface area contributed by atoms with E-state index < -0.39 is 0 Å². The molecule has 2 rings (SSSR count). The molecule has 0 bridgehead atoms. The zero-order chi connectivity index (χ0) is 17.2. The molecule has 2 aromatic rings. The van der Waals surface area contributed by atoms with E-state index in [1.807, 2.05) is 31.2 Å². The van der Waals surface area contributed by atoms with Gasteiger partial charge in [0.25, 0.3) is 0 Å². The zero-order valence-electron chi connectivity index (χ0n) is 13.5. The summed E-state index contributed by atoms with van der Waals surface area (Å²) in [5, 5.41) is 6.43. The van der Waals surface area contributed by atoms with Crippen molar-refractivity contribution < 1.29 is 14.3 Å². The van der Waals surface area contributed by atoms with Crippen LogP contribution in [0.1, 0.15) is 6.92 Å². The Morgan fingerprint density at radius 3 is 2.67 bits per heavy atom. The van der Waals surface area contributed by atoms with Crippen molar-refractivity contribution in [3.63, 3.8) is 0 Å². The summed E-state index contributed by atoms with van der Waals surface area (Å²) >= 11 is 5.89. The third kappa shape index (κ3) is 6.48. The maximum atomic E-state index is 12.0. The predicted octanol–water partition coefficient (Wildman–Crippen LogP) is 3.81. The fourth-order valence-electron chi connectivity index (χ4n) is 2.01. The lowest BCUT2D eigenvalue weighted by Crippen LogP contribution is -2.21. The Labute approximate surface area is 146 Å². The first-order valence-electron chi connectivity index (χ1n) is 7.77. The number of ether oxygens (including phenoxy) is 2. The standard InChI is InChI=1S/C18H21ClN2O3/c1-2-23-9-10-24-17-8-4-6-15(12-17)20-13-18(22)21-16-7-3-5-14(19)11-16/h3-8,11-12,20H,2,9-10,13H2,1H3,(H,21,22). The molecule has 128 valence electrons. The number of nitrogens with one attached hydrogen (secondary N) is 2. The monoisotopic (exact) mass is 348 g/mol. The SMILES string of the molecule is CCOCCOc1cccc(NCC(=O)Nc2cccc(Cl)c2)c1. The Morgan fingerprint density at radius 2 is 1.88 bits per heavy atom. The molecule has 2 N–H and O–H groups in total. The third-order valence-electron chi connectivity index (χ3n) is 3.10. The molecule has 0 fully saturated rings. The lowest BCUT2D eigenvalue weighted by molar-refractivity contribution is -0.114. The minimum absolute atomic E-state index is 0.148. The minimum Gasteiger partial charge on any atom is -0.491 e. The normalized spacial score (nSPS) is 10.2. The van der Waals surface area contributed by atoms with Crippen LogP contribution in [-0.2, 0) is 9.53 Å². The van der Waals surface area contributed by atoms with Gasteiger partial charge in [0.2, 0.25) is 5.91 Å². The molecule has 0 aliphatic rings. The highest BCUT2D eigenvalue weighted by Gasteiger charge is 2.03. The second-order valence-corrected chi connectivity index (χ2v) is 5.42. The number of carbonyl (C=O) groups excluding carboxylic acids is 1. The van der Waals surface area contributed by atoms with Gasteiger partial charge in [-0.2, -0.15) is 0 Å². The van der Waals surface area contributed by atoms with Gasteiger partial charge in [0.1, 0.15) is 12.4 Å². The number of hydrogen-bond acceptors (Lipinski definition) is 4. The fraction of sp³-hybridized carbons (Fsp3) is 0.278. The van der Waals surface area contributed by atoms with Crippen LogP contribution in [0, 0.1) is 0 Å². The van der Waals surface area contributed by atoms with Crippen molar-refractivity contribution in [2.75, 3.05) is 37.0 Å². The number of rotatable bonds is 9. The molecule has 0 atom stereocenters. The van der Waals surface area contributed by atoms with E-state index in [0.29, 0.717) is 30.5 Å². The van der Waals surface area contributed by atoms with Crippen molar-refractivity contribution in [1.29, 1.82) is 0 Å². The Hall–Kier alpha value is -2.24. The Bertz CT molecular complexity index is 664. The molecule has 0 aliphatic carbocycles. The first-order valence-corrected chi connectivity index (χ1v) is 8.15. The predicted molar refractivity (Wildman–Crippen MR) is 97.0 cm³/mol. The number of carbonyl (C=O) groups is 1. The molecular weight excluding hydrogens is 328 g/mol. The molecule has 0 aliphatic heterocycles. The van der Waals surface area contributed by atoms with Gasteiger partial charge in [0.15, 0.2) is 0 Å². The Kier molecular flexibility index (Phi) is 7.39. The summed E-state index contributed by atoms with van der Waals surface area (Å²) in [6, 6.07) is 14.5. The van der Waals surface area contributed by atoms with E-state index in [1.54, 1.807) is 24.3 Å². The molecule has 2 aromatic carbocycles. The van der Waals surface area contributed by atoms with Crippen molar-refractivity contribution in [1.82, 2.24) is 0 Å². The maximum Gasteiger partial charge on any atom is 0.243 e. The molecule has 0 heterocycles. The zero-order valence-corrected chi connectivity index (χ0v) is 14.3. The summed E-state index contributed by atoms with van der Waals surface area (Å²) < 4.78 is 10.8. The lowest BCUT2D eigenvalue weighted by Gasteiger charge is -2.10. The highest BCUT2D eigenvalue weighted by molar-refractivity contribution is 6.30. The lowest BCUT2D eigenvalue weighted by atomic mass is 10.3. The van der Waals surface area contributed by atoms with Crippen LogP contribution in [0.2, 0.25) is 5.02 Å². The Morgan fingerprint density at radius 1 is 1.08 bits per heavy atom. The van der Waals surface area contributed by atoms with Crippen molar-refractivity contribution in [2.45, 2.75) is 6.92 Å². The van der Waals surface area contributed by atoms with Gasteiger partial charge >= 0.3 is 0 Å². The van der Waals surface area contributed by atoms with E-state index in [2.05, 4.69) is 10.6 Å². The summed E-state index contributed by atoms with van der Waals surface area (Å²) in [5.41, 5.74) is 1.48. The van der Waals surface area contributed by atoms with Gasteiger partial charge in [-0.05, 0) is 37.3 Å². The highest BCUT2D eigenvalue weighted by Crippen LogP contribution is 2.17. The quantitative estimate of drug-likeness (QED) is 0.677. The van der Waals surface area contributed by atoms with Crippen LogP contribution in [0.15, 0.2) is 48.5 Å². The van der Waals surface area contributed by atoms with Crippen LogP contribution in [0.25, 0.3) is 0 Å². The summed E-state index contributed by atoms with van der Waals surface area (Å²) in [5.74, 6) is 0.579. The smallest absolute Gasteiger partial charge is 0.243 e. The first-order chi connectivity index (χ1) is 11.7. The second-order valence-electron chi connectivity index (χ2n) is 4.99. The van der Waals surface area contributed by atoms with Gasteiger partial charge in [-0.1, -0.05) is 23.7 Å². The molecule has 0 unspecified atom stereocenters. The van der Waals surface area contributed by atoms with E-state index >= 15 is 0 Å².